The Kier molecular flexibility index (Phi) is 4.41. The van der Waals surface area contributed by atoms with Gasteiger partial charge in [0.1, 0.15) is 0 Å². The Morgan fingerprint density at radius 1 is 1.16 bits per heavy atom. The first kappa shape index (κ1) is 13.4. The number of nitro benzene ring substituents is 1. The third kappa shape index (κ3) is 3.72. The Morgan fingerprint density at radius 3 is 2.68 bits per heavy atom. The van der Waals surface area contributed by atoms with Gasteiger partial charge in [0.15, 0.2) is 0 Å². The minimum Gasteiger partial charge on any atom is -0.399 e. The summed E-state index contributed by atoms with van der Waals surface area (Å²) in [6.45, 7) is 0. The molecule has 4 nitrogen and oxygen atoms in total. The smallest absolute Gasteiger partial charge is 0.272 e. The third-order valence-electron chi connectivity index (χ3n) is 2.69. The van der Waals surface area contributed by atoms with Crippen molar-refractivity contribution in [2.45, 2.75) is 11.3 Å². The van der Waals surface area contributed by atoms with Gasteiger partial charge in [-0.2, -0.15) is 0 Å². The summed E-state index contributed by atoms with van der Waals surface area (Å²) >= 11 is 1.65. The minimum absolute atomic E-state index is 0.190. The number of aryl methyl sites for hydroxylation is 1. The van der Waals surface area contributed by atoms with Crippen molar-refractivity contribution in [2.24, 2.45) is 0 Å². The van der Waals surface area contributed by atoms with Gasteiger partial charge in [0.2, 0.25) is 0 Å². The lowest BCUT2D eigenvalue weighted by atomic mass is 10.1. The van der Waals surface area contributed by atoms with Gasteiger partial charge in [-0.25, -0.2) is 0 Å². The molecule has 0 atom stereocenters. The van der Waals surface area contributed by atoms with Gasteiger partial charge in [0.05, 0.1) is 4.92 Å². The minimum atomic E-state index is -0.333. The maximum Gasteiger partial charge on any atom is 0.272 e. The highest BCUT2D eigenvalue weighted by Gasteiger charge is 2.11. The number of hydrogen-bond donors (Lipinski definition) is 1. The highest BCUT2D eigenvalue weighted by molar-refractivity contribution is 7.99. The van der Waals surface area contributed by atoms with Crippen molar-refractivity contribution in [3.05, 3.63) is 64.2 Å². The van der Waals surface area contributed by atoms with Crippen LogP contribution in [0.5, 0.6) is 0 Å². The van der Waals surface area contributed by atoms with Crippen molar-refractivity contribution < 1.29 is 4.92 Å². The molecule has 2 aromatic carbocycles. The Morgan fingerprint density at radius 2 is 1.95 bits per heavy atom. The molecular formula is C14H14N2O2S. The highest BCUT2D eigenvalue weighted by Crippen LogP contribution is 2.24. The van der Waals surface area contributed by atoms with Crippen LogP contribution < -0.4 is 5.73 Å². The van der Waals surface area contributed by atoms with Crippen LogP contribution in [0.2, 0.25) is 0 Å². The molecular weight excluding hydrogens is 260 g/mol. The van der Waals surface area contributed by atoms with E-state index in [0.717, 1.165) is 21.9 Å². The first-order valence-corrected chi connectivity index (χ1v) is 6.86. The van der Waals surface area contributed by atoms with Crippen LogP contribution in [0.15, 0.2) is 53.4 Å². The molecule has 2 N–H and O–H groups in total. The molecule has 0 saturated carbocycles. The number of rotatable bonds is 5. The number of para-hydroxylation sites is 1. The predicted molar refractivity (Wildman–Crippen MR) is 78.4 cm³/mol. The van der Waals surface area contributed by atoms with Gasteiger partial charge in [-0.1, -0.05) is 24.3 Å². The summed E-state index contributed by atoms with van der Waals surface area (Å²) < 4.78 is 0. The van der Waals surface area contributed by atoms with Crippen molar-refractivity contribution in [1.29, 1.82) is 0 Å². The summed E-state index contributed by atoms with van der Waals surface area (Å²) in [5, 5.41) is 10.9. The molecule has 98 valence electrons. The van der Waals surface area contributed by atoms with Gasteiger partial charge < -0.3 is 5.73 Å². The predicted octanol–water partition coefficient (Wildman–Crippen LogP) is 3.51. The number of hydrogen-bond acceptors (Lipinski definition) is 4. The summed E-state index contributed by atoms with van der Waals surface area (Å²) in [4.78, 5) is 11.6. The summed E-state index contributed by atoms with van der Waals surface area (Å²) in [6.07, 6.45) is 0.663. The Bertz CT molecular complexity index is 587. The van der Waals surface area contributed by atoms with E-state index in [1.165, 1.54) is 0 Å². The van der Waals surface area contributed by atoms with Crippen molar-refractivity contribution in [3.8, 4) is 0 Å². The molecule has 0 aliphatic rings. The largest absolute Gasteiger partial charge is 0.399 e. The fraction of sp³-hybridized carbons (Fsp3) is 0.143. The van der Waals surface area contributed by atoms with E-state index < -0.39 is 0 Å². The van der Waals surface area contributed by atoms with Crippen molar-refractivity contribution in [2.75, 3.05) is 11.5 Å². The van der Waals surface area contributed by atoms with E-state index in [2.05, 4.69) is 0 Å². The van der Waals surface area contributed by atoms with Crippen LogP contribution in [0.4, 0.5) is 11.4 Å². The molecule has 2 rings (SSSR count). The molecule has 19 heavy (non-hydrogen) atoms. The van der Waals surface area contributed by atoms with Crippen LogP contribution in [-0.2, 0) is 6.42 Å². The molecule has 0 bridgehead atoms. The summed E-state index contributed by atoms with van der Waals surface area (Å²) in [5.74, 6) is 0.786. The zero-order chi connectivity index (χ0) is 13.7. The van der Waals surface area contributed by atoms with Crippen molar-refractivity contribution in [1.82, 2.24) is 0 Å². The van der Waals surface area contributed by atoms with Crippen LogP contribution in [0.1, 0.15) is 5.56 Å². The SMILES string of the molecule is Nc1cccc(SCCc2ccccc2[N+](=O)[O-])c1. The lowest BCUT2D eigenvalue weighted by Gasteiger charge is -2.04. The number of nitrogen functional groups attached to an aromatic ring is 1. The zero-order valence-electron chi connectivity index (χ0n) is 10.3. The number of thioether (sulfide) groups is 1. The number of anilines is 1. The second-order valence-corrected chi connectivity index (χ2v) is 5.23. The molecule has 0 fully saturated rings. The fourth-order valence-electron chi connectivity index (χ4n) is 1.78. The van der Waals surface area contributed by atoms with E-state index in [1.54, 1.807) is 30.0 Å². The van der Waals surface area contributed by atoms with E-state index in [1.807, 2.05) is 30.3 Å². The van der Waals surface area contributed by atoms with Gasteiger partial charge in [-0.15, -0.1) is 11.8 Å². The molecule has 0 spiro atoms. The zero-order valence-corrected chi connectivity index (χ0v) is 11.1. The molecule has 0 aliphatic carbocycles. The average Bonchev–Trinajstić information content (AvgIpc) is 2.39. The Balaban J connectivity index is 1.98. The van der Waals surface area contributed by atoms with Crippen LogP contribution in [-0.4, -0.2) is 10.7 Å². The second kappa shape index (κ2) is 6.24. The van der Waals surface area contributed by atoms with Crippen molar-refractivity contribution >= 4 is 23.1 Å². The standard InChI is InChI=1S/C14H14N2O2S/c15-12-5-3-6-13(10-12)19-9-8-11-4-1-2-7-14(11)16(17)18/h1-7,10H,8-9,15H2. The van der Waals surface area contributed by atoms with E-state index in [0.29, 0.717) is 6.42 Å². The maximum atomic E-state index is 10.9. The molecule has 0 amide bonds. The molecule has 5 heteroatoms. The molecule has 0 saturated heterocycles. The monoisotopic (exact) mass is 274 g/mol. The molecule has 0 radical (unpaired) electrons. The van der Waals surface area contributed by atoms with Crippen LogP contribution in [0.25, 0.3) is 0 Å². The number of nitro groups is 1. The fourth-order valence-corrected chi connectivity index (χ4v) is 2.74. The lowest BCUT2D eigenvalue weighted by Crippen LogP contribution is -1.96. The van der Waals surface area contributed by atoms with E-state index >= 15 is 0 Å². The number of benzene rings is 2. The normalized spacial score (nSPS) is 10.3. The van der Waals surface area contributed by atoms with Gasteiger partial charge in [0, 0.05) is 28.0 Å². The van der Waals surface area contributed by atoms with E-state index in [9.17, 15) is 10.1 Å². The molecule has 0 aliphatic heterocycles. The molecule has 0 aromatic heterocycles. The van der Waals surface area contributed by atoms with Gasteiger partial charge in [-0.3, -0.25) is 10.1 Å². The summed E-state index contributed by atoms with van der Waals surface area (Å²) in [6, 6.07) is 14.5. The molecule has 2 aromatic rings. The van der Waals surface area contributed by atoms with Crippen LogP contribution >= 0.6 is 11.8 Å². The topological polar surface area (TPSA) is 69.2 Å². The third-order valence-corrected chi connectivity index (χ3v) is 3.68. The van der Waals surface area contributed by atoms with Gasteiger partial charge in [-0.05, 0) is 24.6 Å². The first-order chi connectivity index (χ1) is 9.16. The number of nitrogens with two attached hydrogens (primary N) is 1. The van der Waals surface area contributed by atoms with Crippen LogP contribution in [0.3, 0.4) is 0 Å². The van der Waals surface area contributed by atoms with E-state index in [-0.39, 0.29) is 10.6 Å². The first-order valence-electron chi connectivity index (χ1n) is 5.87. The summed E-state index contributed by atoms with van der Waals surface area (Å²) in [7, 11) is 0. The van der Waals surface area contributed by atoms with E-state index in [4.69, 9.17) is 5.73 Å². The number of nitrogens with zero attached hydrogens (tertiary/aromatic N) is 1. The molecule has 0 unspecified atom stereocenters. The molecule has 0 heterocycles. The van der Waals surface area contributed by atoms with Gasteiger partial charge >= 0.3 is 0 Å². The van der Waals surface area contributed by atoms with Gasteiger partial charge in [0.25, 0.3) is 5.69 Å². The average molecular weight is 274 g/mol. The highest BCUT2D eigenvalue weighted by atomic mass is 32.2. The Hall–Kier alpha value is -2.01. The quantitative estimate of drug-likeness (QED) is 0.392. The van der Waals surface area contributed by atoms with Crippen molar-refractivity contribution in [3.63, 3.8) is 0 Å². The summed E-state index contributed by atoms with van der Waals surface area (Å²) in [5.41, 5.74) is 7.39. The Labute approximate surface area is 115 Å². The second-order valence-electron chi connectivity index (χ2n) is 4.06. The van der Waals surface area contributed by atoms with Crippen LogP contribution in [0, 0.1) is 10.1 Å². The maximum absolute atomic E-state index is 10.9. The lowest BCUT2D eigenvalue weighted by molar-refractivity contribution is -0.385.